The summed E-state index contributed by atoms with van der Waals surface area (Å²) in [6.07, 6.45) is 0. The van der Waals surface area contributed by atoms with Gasteiger partial charge in [-0.15, -0.1) is 0 Å². The predicted molar refractivity (Wildman–Crippen MR) is 178 cm³/mol. The minimum Gasteiger partial charge on any atom is -0.377 e. The Labute approximate surface area is 264 Å². The highest BCUT2D eigenvalue weighted by Gasteiger charge is 2.21. The Morgan fingerprint density at radius 2 is 0.804 bits per heavy atom. The Balaban J connectivity index is 1.32. The molecule has 0 aromatic heterocycles. The van der Waals surface area contributed by atoms with E-state index in [1.165, 1.54) is 42.5 Å². The minimum absolute atomic E-state index is 0.0156. The fourth-order valence-corrected chi connectivity index (χ4v) is 5.02. The van der Waals surface area contributed by atoms with Crippen LogP contribution in [0.5, 0.6) is 5.75 Å². The van der Waals surface area contributed by atoms with Crippen LogP contribution in [0.2, 0.25) is 0 Å². The first-order valence-electron chi connectivity index (χ1n) is 13.8. The van der Waals surface area contributed by atoms with Crippen molar-refractivity contribution in [3.05, 3.63) is 133 Å². The van der Waals surface area contributed by atoms with Crippen LogP contribution in [0, 0.1) is 0 Å². The van der Waals surface area contributed by atoms with Crippen LogP contribution in [0.4, 0.5) is 48.5 Å². The quantitative estimate of drug-likeness (QED) is 0.0923. The van der Waals surface area contributed by atoms with Crippen LogP contribution in [0.15, 0.2) is 138 Å². The van der Waals surface area contributed by atoms with Crippen LogP contribution in [-0.4, -0.2) is 26.5 Å². The third-order valence-corrected chi connectivity index (χ3v) is 7.43. The lowest BCUT2D eigenvalue weighted by atomic mass is 10.2. The van der Waals surface area contributed by atoms with E-state index in [1.807, 2.05) is 6.07 Å². The Bertz CT molecular complexity index is 1920. The summed E-state index contributed by atoms with van der Waals surface area (Å²) in [4.78, 5) is 37.4. The van der Waals surface area contributed by atoms with E-state index in [-0.39, 0.29) is 22.0 Å². The topological polar surface area (TPSA) is 167 Å². The van der Waals surface area contributed by atoms with E-state index in [0.29, 0.717) is 22.7 Å². The molecule has 46 heavy (non-hydrogen) atoms. The van der Waals surface area contributed by atoms with Gasteiger partial charge < -0.3 is 36.1 Å². The van der Waals surface area contributed by atoms with Crippen LogP contribution < -0.4 is 36.1 Å². The van der Waals surface area contributed by atoms with E-state index in [9.17, 15) is 22.8 Å². The molecule has 0 atom stereocenters. The standard InChI is InChI=1S/C33H28N6O6S/c40-31(34-23-10-4-1-5-11-23)37-26-16-19-28(20-17-26)46(43,44)45-30-22-27(38-32(41)35-24-12-6-2-7-13-24)18-21-29(30)39-33(42)36-25-14-8-3-9-15-25/h1-22H,(H2,34,37,40)(H2,35,38,41)(H2,36,39,42). The van der Waals surface area contributed by atoms with Crippen molar-refractivity contribution >= 4 is 62.3 Å². The zero-order valence-electron chi connectivity index (χ0n) is 24.1. The summed E-state index contributed by atoms with van der Waals surface area (Å²) >= 11 is 0. The maximum absolute atomic E-state index is 13.3. The number of amides is 6. The van der Waals surface area contributed by atoms with Gasteiger partial charge in [0.05, 0.1) is 5.69 Å². The van der Waals surface area contributed by atoms with Gasteiger partial charge in [0.2, 0.25) is 0 Å². The zero-order valence-corrected chi connectivity index (χ0v) is 24.9. The highest BCUT2D eigenvalue weighted by molar-refractivity contribution is 7.87. The third kappa shape index (κ3) is 8.84. The van der Waals surface area contributed by atoms with Crippen molar-refractivity contribution in [3.8, 4) is 5.75 Å². The van der Waals surface area contributed by atoms with Crippen LogP contribution in [0.1, 0.15) is 0 Å². The molecule has 6 amide bonds. The smallest absolute Gasteiger partial charge is 0.339 e. The molecule has 0 fully saturated rings. The zero-order chi connectivity index (χ0) is 32.4. The molecular formula is C33H28N6O6S. The molecule has 0 saturated carbocycles. The van der Waals surface area contributed by atoms with Gasteiger partial charge in [-0.2, -0.15) is 8.42 Å². The first kappa shape index (κ1) is 31.1. The van der Waals surface area contributed by atoms with Gasteiger partial charge in [0, 0.05) is 34.5 Å². The highest BCUT2D eigenvalue weighted by atomic mass is 32.2. The second-order valence-corrected chi connectivity index (χ2v) is 11.2. The lowest BCUT2D eigenvalue weighted by Crippen LogP contribution is -2.21. The molecule has 5 aromatic carbocycles. The fraction of sp³-hybridized carbons (Fsp3) is 0. The Morgan fingerprint density at radius 3 is 1.26 bits per heavy atom. The molecular weight excluding hydrogens is 608 g/mol. The highest BCUT2D eigenvalue weighted by Crippen LogP contribution is 2.32. The number of nitrogens with one attached hydrogen (secondary N) is 6. The van der Waals surface area contributed by atoms with Crippen molar-refractivity contribution in [2.45, 2.75) is 4.90 Å². The molecule has 0 heterocycles. The first-order chi connectivity index (χ1) is 22.2. The molecule has 0 aliphatic carbocycles. The van der Waals surface area contributed by atoms with Gasteiger partial charge in [-0.3, -0.25) is 0 Å². The summed E-state index contributed by atoms with van der Waals surface area (Å²) in [6, 6.07) is 33.9. The molecule has 5 aromatic rings. The summed E-state index contributed by atoms with van der Waals surface area (Å²) in [5.74, 6) is -0.259. The molecule has 0 saturated heterocycles. The van der Waals surface area contributed by atoms with Crippen LogP contribution in [-0.2, 0) is 10.1 Å². The van der Waals surface area contributed by atoms with Crippen LogP contribution >= 0.6 is 0 Å². The minimum atomic E-state index is -4.45. The van der Waals surface area contributed by atoms with Gasteiger partial charge in [0.15, 0.2) is 5.75 Å². The summed E-state index contributed by atoms with van der Waals surface area (Å²) in [7, 11) is -4.45. The first-order valence-corrected chi connectivity index (χ1v) is 15.2. The molecule has 0 radical (unpaired) electrons. The molecule has 0 spiro atoms. The largest absolute Gasteiger partial charge is 0.377 e. The lowest BCUT2D eigenvalue weighted by Gasteiger charge is -2.15. The predicted octanol–water partition coefficient (Wildman–Crippen LogP) is 7.39. The molecule has 0 unspecified atom stereocenters. The van der Waals surface area contributed by atoms with Crippen molar-refractivity contribution in [1.29, 1.82) is 0 Å². The summed E-state index contributed by atoms with van der Waals surface area (Å²) in [5.41, 5.74) is 2.19. The average molecular weight is 637 g/mol. The Kier molecular flexibility index (Phi) is 9.75. The van der Waals surface area contributed by atoms with Gasteiger partial charge in [-0.25, -0.2) is 14.4 Å². The number of rotatable bonds is 9. The number of anilines is 6. The second kappa shape index (κ2) is 14.4. The fourth-order valence-electron chi connectivity index (χ4n) is 4.08. The monoisotopic (exact) mass is 636 g/mol. The van der Waals surface area contributed by atoms with E-state index in [1.54, 1.807) is 84.9 Å². The number of benzene rings is 5. The molecule has 13 heteroatoms. The Morgan fingerprint density at radius 1 is 0.435 bits per heavy atom. The molecule has 0 aliphatic rings. The van der Waals surface area contributed by atoms with Crippen molar-refractivity contribution in [2.75, 3.05) is 31.9 Å². The van der Waals surface area contributed by atoms with Crippen molar-refractivity contribution in [2.24, 2.45) is 0 Å². The van der Waals surface area contributed by atoms with E-state index < -0.39 is 28.2 Å². The van der Waals surface area contributed by atoms with Gasteiger partial charge in [0.1, 0.15) is 4.90 Å². The van der Waals surface area contributed by atoms with E-state index >= 15 is 0 Å². The summed E-state index contributed by atoms with van der Waals surface area (Å²) in [5, 5.41) is 15.8. The van der Waals surface area contributed by atoms with Crippen molar-refractivity contribution in [3.63, 3.8) is 0 Å². The van der Waals surface area contributed by atoms with Gasteiger partial charge >= 0.3 is 28.2 Å². The third-order valence-electron chi connectivity index (χ3n) is 6.18. The van der Waals surface area contributed by atoms with E-state index in [0.717, 1.165) is 0 Å². The molecule has 6 N–H and O–H groups in total. The number of carbonyl (C=O) groups is 3. The van der Waals surface area contributed by atoms with Gasteiger partial charge in [0.25, 0.3) is 0 Å². The van der Waals surface area contributed by atoms with E-state index in [2.05, 4.69) is 31.9 Å². The molecule has 0 aliphatic heterocycles. The summed E-state index contributed by atoms with van der Waals surface area (Å²) in [6.45, 7) is 0. The van der Waals surface area contributed by atoms with Crippen LogP contribution in [0.25, 0.3) is 0 Å². The maximum Gasteiger partial charge on any atom is 0.339 e. The van der Waals surface area contributed by atoms with E-state index in [4.69, 9.17) is 4.18 Å². The lowest BCUT2D eigenvalue weighted by molar-refractivity contribution is 0.261. The second-order valence-electron chi connectivity index (χ2n) is 9.61. The number of para-hydroxylation sites is 3. The molecule has 5 rings (SSSR count). The number of hydrogen-bond donors (Lipinski definition) is 6. The molecule has 0 bridgehead atoms. The summed E-state index contributed by atoms with van der Waals surface area (Å²) < 4.78 is 32.1. The van der Waals surface area contributed by atoms with Crippen molar-refractivity contribution in [1.82, 2.24) is 0 Å². The number of hydrogen-bond acceptors (Lipinski definition) is 6. The normalized spacial score (nSPS) is 10.6. The maximum atomic E-state index is 13.3. The SMILES string of the molecule is O=C(Nc1ccccc1)Nc1ccc(S(=O)(=O)Oc2cc(NC(=O)Nc3ccccc3)ccc2NC(=O)Nc2ccccc2)cc1. The number of carbonyl (C=O) groups excluding carboxylic acids is 3. The van der Waals surface area contributed by atoms with Gasteiger partial charge in [-0.1, -0.05) is 54.6 Å². The average Bonchev–Trinajstić information content (AvgIpc) is 3.04. The van der Waals surface area contributed by atoms with Gasteiger partial charge in [-0.05, 0) is 72.8 Å². The Hall–Kier alpha value is -6.34. The van der Waals surface area contributed by atoms with Crippen molar-refractivity contribution < 1.29 is 27.0 Å². The molecule has 232 valence electrons. The van der Waals surface area contributed by atoms with Crippen LogP contribution in [0.3, 0.4) is 0 Å². The molecule has 12 nitrogen and oxygen atoms in total. The number of urea groups is 3.